The van der Waals surface area contributed by atoms with Crippen LogP contribution in [0.2, 0.25) is 0 Å². The Morgan fingerprint density at radius 1 is 1.57 bits per heavy atom. The van der Waals surface area contributed by atoms with Gasteiger partial charge in [-0.15, -0.1) is 17.0 Å². The van der Waals surface area contributed by atoms with Crippen LogP contribution in [0.5, 0.6) is 0 Å². The van der Waals surface area contributed by atoms with E-state index >= 15 is 0 Å². The van der Waals surface area contributed by atoms with E-state index in [1.54, 1.807) is 11.1 Å². The molecule has 2 atom stereocenters. The van der Waals surface area contributed by atoms with Crippen LogP contribution in [0.4, 0.5) is 0 Å². The molecule has 2 heterocycles. The van der Waals surface area contributed by atoms with E-state index in [1.165, 1.54) is 11.8 Å². The van der Waals surface area contributed by atoms with Crippen LogP contribution >= 0.6 is 28.7 Å². The van der Waals surface area contributed by atoms with Gasteiger partial charge in [-0.2, -0.15) is 0 Å². The molecule has 0 aliphatic carbocycles. The third-order valence-corrected chi connectivity index (χ3v) is 5.47. The van der Waals surface area contributed by atoms with Crippen LogP contribution in [-0.2, 0) is 9.84 Å². The number of hydrogen-bond acceptors (Lipinski definition) is 4. The fourth-order valence-corrected chi connectivity index (χ4v) is 5.53. The van der Waals surface area contributed by atoms with E-state index in [2.05, 4.69) is 6.58 Å². The Labute approximate surface area is 97.9 Å². The van der Waals surface area contributed by atoms with E-state index < -0.39 is 9.84 Å². The van der Waals surface area contributed by atoms with Crippen molar-refractivity contribution >= 4 is 43.7 Å². The topological polar surface area (TPSA) is 61.2 Å². The second-order valence-electron chi connectivity index (χ2n) is 3.20. The van der Waals surface area contributed by atoms with Crippen LogP contribution < -0.4 is 0 Å². The van der Waals surface area contributed by atoms with Crippen LogP contribution in [0.15, 0.2) is 12.8 Å². The summed E-state index contributed by atoms with van der Waals surface area (Å²) in [4.78, 5) is 1.65. The quantitative estimate of drug-likeness (QED) is 0.780. The van der Waals surface area contributed by atoms with Crippen LogP contribution in [0.1, 0.15) is 0 Å². The SMILES string of the molecule is Br.C=CN1C(=N)SC2CS(=O)(=O)CC21. The van der Waals surface area contributed by atoms with Crippen LogP contribution in [-0.4, -0.2) is 41.3 Å². The van der Waals surface area contributed by atoms with Crippen LogP contribution in [0.25, 0.3) is 0 Å². The molecule has 0 amide bonds. The van der Waals surface area contributed by atoms with E-state index in [-0.39, 0.29) is 39.8 Å². The first-order chi connectivity index (χ1) is 6.03. The monoisotopic (exact) mass is 298 g/mol. The first kappa shape index (κ1) is 12.1. The van der Waals surface area contributed by atoms with E-state index in [1.807, 2.05) is 0 Å². The van der Waals surface area contributed by atoms with Crippen molar-refractivity contribution in [3.8, 4) is 0 Å². The lowest BCUT2D eigenvalue weighted by Crippen LogP contribution is -2.32. The molecule has 2 aliphatic heterocycles. The zero-order valence-electron chi connectivity index (χ0n) is 7.34. The Hall–Kier alpha value is -0.0100. The maximum atomic E-state index is 11.3. The summed E-state index contributed by atoms with van der Waals surface area (Å²) in [5, 5.41) is 8.01. The Morgan fingerprint density at radius 2 is 2.21 bits per heavy atom. The van der Waals surface area contributed by atoms with E-state index in [9.17, 15) is 8.42 Å². The lowest BCUT2D eigenvalue weighted by atomic mass is 10.2. The Balaban J connectivity index is 0.000000980. The summed E-state index contributed by atoms with van der Waals surface area (Å²) >= 11 is 1.33. The molecule has 2 saturated heterocycles. The smallest absolute Gasteiger partial charge is 0.161 e. The van der Waals surface area contributed by atoms with Crippen molar-refractivity contribution in [1.29, 1.82) is 5.41 Å². The molecule has 14 heavy (non-hydrogen) atoms. The number of nitrogens with one attached hydrogen (secondary N) is 1. The van der Waals surface area contributed by atoms with Crippen molar-refractivity contribution in [2.45, 2.75) is 11.3 Å². The standard InChI is InChI=1S/C7H10N2O2S2.BrH/c1-2-9-5-3-13(10,11)4-6(5)12-7(9)8;/h2,5-6,8H,1,3-4H2;1H. The first-order valence-electron chi connectivity index (χ1n) is 3.90. The lowest BCUT2D eigenvalue weighted by molar-refractivity contribution is 0.463. The number of sulfone groups is 1. The minimum Gasteiger partial charge on any atom is -0.323 e. The number of hydrogen-bond donors (Lipinski definition) is 1. The third kappa shape index (κ3) is 1.85. The van der Waals surface area contributed by atoms with Gasteiger partial charge in [-0.1, -0.05) is 18.3 Å². The maximum Gasteiger partial charge on any atom is 0.161 e. The van der Waals surface area contributed by atoms with Crippen molar-refractivity contribution < 1.29 is 8.42 Å². The highest BCUT2D eigenvalue weighted by molar-refractivity contribution is 8.93. The maximum absolute atomic E-state index is 11.3. The molecule has 1 N–H and O–H groups in total. The summed E-state index contributed by atoms with van der Waals surface area (Å²) < 4.78 is 22.5. The van der Waals surface area contributed by atoms with Crippen molar-refractivity contribution in [3.05, 3.63) is 12.8 Å². The van der Waals surface area contributed by atoms with Gasteiger partial charge in [0.1, 0.15) is 0 Å². The van der Waals surface area contributed by atoms with Crippen LogP contribution in [0.3, 0.4) is 0 Å². The number of fused-ring (bicyclic) bond motifs is 1. The van der Waals surface area contributed by atoms with Gasteiger partial charge < -0.3 is 4.90 Å². The fraction of sp³-hybridized carbons (Fsp3) is 0.571. The highest BCUT2D eigenvalue weighted by atomic mass is 79.9. The molecule has 0 bridgehead atoms. The van der Waals surface area contributed by atoms with Gasteiger partial charge in [0.05, 0.1) is 17.5 Å². The molecule has 0 spiro atoms. The lowest BCUT2D eigenvalue weighted by Gasteiger charge is -2.17. The molecule has 2 aliphatic rings. The average Bonchev–Trinajstić information content (AvgIpc) is 2.39. The number of nitrogens with zero attached hydrogens (tertiary/aromatic N) is 1. The molecule has 2 fully saturated rings. The van der Waals surface area contributed by atoms with E-state index in [4.69, 9.17) is 5.41 Å². The predicted octanol–water partition coefficient (Wildman–Crippen LogP) is 0.857. The summed E-state index contributed by atoms with van der Waals surface area (Å²) in [6.45, 7) is 3.58. The van der Waals surface area contributed by atoms with Gasteiger partial charge in [0.2, 0.25) is 0 Å². The fourth-order valence-electron chi connectivity index (χ4n) is 1.74. The van der Waals surface area contributed by atoms with Crippen molar-refractivity contribution in [1.82, 2.24) is 4.90 Å². The van der Waals surface area contributed by atoms with E-state index in [0.29, 0.717) is 5.17 Å². The van der Waals surface area contributed by atoms with Gasteiger partial charge in [0, 0.05) is 5.25 Å². The minimum atomic E-state index is -2.88. The number of rotatable bonds is 1. The number of amidine groups is 1. The van der Waals surface area contributed by atoms with Gasteiger partial charge in [0.25, 0.3) is 0 Å². The Morgan fingerprint density at radius 3 is 2.79 bits per heavy atom. The molecule has 2 unspecified atom stereocenters. The zero-order valence-corrected chi connectivity index (χ0v) is 10.7. The van der Waals surface area contributed by atoms with Crippen molar-refractivity contribution in [3.63, 3.8) is 0 Å². The summed E-state index contributed by atoms with van der Waals surface area (Å²) in [5.41, 5.74) is 0. The molecular formula is C7H11BrN2O2S2. The molecule has 2 rings (SSSR count). The van der Waals surface area contributed by atoms with Gasteiger partial charge in [0.15, 0.2) is 15.0 Å². The Kier molecular flexibility index (Phi) is 3.33. The molecule has 0 saturated carbocycles. The zero-order chi connectivity index (χ0) is 9.64. The normalized spacial score (nSPS) is 33.7. The molecule has 7 heteroatoms. The summed E-state index contributed by atoms with van der Waals surface area (Å²) in [6, 6.07) is -0.0556. The molecule has 80 valence electrons. The Bertz CT molecular complexity index is 368. The summed E-state index contributed by atoms with van der Waals surface area (Å²) in [5.74, 6) is 0.369. The first-order valence-corrected chi connectivity index (χ1v) is 6.60. The third-order valence-electron chi connectivity index (χ3n) is 2.32. The molecule has 0 aromatic rings. The molecule has 0 aromatic carbocycles. The van der Waals surface area contributed by atoms with Gasteiger partial charge in [-0.05, 0) is 6.20 Å². The van der Waals surface area contributed by atoms with Gasteiger partial charge >= 0.3 is 0 Å². The summed E-state index contributed by atoms with van der Waals surface area (Å²) in [6.07, 6.45) is 1.54. The second-order valence-corrected chi connectivity index (χ2v) is 6.58. The van der Waals surface area contributed by atoms with E-state index in [0.717, 1.165) is 0 Å². The van der Waals surface area contributed by atoms with Gasteiger partial charge in [-0.3, -0.25) is 5.41 Å². The number of thioether (sulfide) groups is 1. The van der Waals surface area contributed by atoms with Crippen molar-refractivity contribution in [2.24, 2.45) is 0 Å². The number of halogens is 1. The highest BCUT2D eigenvalue weighted by Crippen LogP contribution is 2.37. The predicted molar refractivity (Wildman–Crippen MR) is 63.9 cm³/mol. The molecule has 0 aromatic heterocycles. The average molecular weight is 299 g/mol. The van der Waals surface area contributed by atoms with Crippen molar-refractivity contribution in [2.75, 3.05) is 11.5 Å². The largest absolute Gasteiger partial charge is 0.323 e. The highest BCUT2D eigenvalue weighted by Gasteiger charge is 2.47. The minimum absolute atomic E-state index is 0. The molecule has 0 radical (unpaired) electrons. The van der Waals surface area contributed by atoms with Crippen LogP contribution in [0, 0.1) is 5.41 Å². The molecular weight excluding hydrogens is 288 g/mol. The summed E-state index contributed by atoms with van der Waals surface area (Å²) in [7, 11) is -2.88. The molecule has 4 nitrogen and oxygen atoms in total. The van der Waals surface area contributed by atoms with Gasteiger partial charge in [-0.25, -0.2) is 8.42 Å². The second kappa shape index (κ2) is 3.86.